The van der Waals surface area contributed by atoms with Crippen LogP contribution in [0.5, 0.6) is 0 Å². The van der Waals surface area contributed by atoms with E-state index in [-0.39, 0.29) is 5.92 Å². The summed E-state index contributed by atoms with van der Waals surface area (Å²) in [6, 6.07) is 10.8. The van der Waals surface area contributed by atoms with Crippen molar-refractivity contribution in [3.8, 4) is 6.07 Å². The molecule has 1 heterocycles. The second kappa shape index (κ2) is 4.27. The predicted octanol–water partition coefficient (Wildman–Crippen LogP) is 4.47. The highest BCUT2D eigenvalue weighted by Gasteiger charge is 2.20. The number of aryl methyl sites for hydroxylation is 1. The number of nitriles is 1. The minimum Gasteiger partial charge on any atom is -0.198 e. The van der Waals surface area contributed by atoms with Gasteiger partial charge >= 0.3 is 0 Å². The van der Waals surface area contributed by atoms with Crippen LogP contribution >= 0.6 is 11.3 Å². The van der Waals surface area contributed by atoms with Crippen LogP contribution in [-0.4, -0.2) is 0 Å². The molecule has 0 saturated carbocycles. The Kier molecular flexibility index (Phi) is 2.98. The second-order valence-electron chi connectivity index (χ2n) is 4.44. The van der Waals surface area contributed by atoms with Gasteiger partial charge in [0.05, 0.1) is 12.0 Å². The van der Waals surface area contributed by atoms with Crippen molar-refractivity contribution in [2.24, 2.45) is 5.92 Å². The molecule has 2 rings (SSSR count). The van der Waals surface area contributed by atoms with Crippen LogP contribution < -0.4 is 0 Å². The van der Waals surface area contributed by atoms with E-state index in [1.165, 1.54) is 20.5 Å². The normalized spacial score (nSPS) is 12.9. The lowest BCUT2D eigenvalue weighted by atomic mass is 9.93. The quantitative estimate of drug-likeness (QED) is 0.745. The van der Waals surface area contributed by atoms with Crippen LogP contribution in [-0.2, 0) is 0 Å². The molecule has 0 amide bonds. The minimum atomic E-state index is 0.0254. The third-order valence-corrected chi connectivity index (χ3v) is 4.32. The molecule has 1 nitrogen and oxygen atoms in total. The van der Waals surface area contributed by atoms with E-state index in [1.807, 2.05) is 0 Å². The van der Waals surface area contributed by atoms with Crippen molar-refractivity contribution in [1.29, 1.82) is 5.26 Å². The Bertz CT molecular complexity index is 545. The van der Waals surface area contributed by atoms with E-state index in [0.29, 0.717) is 5.92 Å². The average Bonchev–Trinajstić information content (AvgIpc) is 2.58. The number of hydrogen-bond donors (Lipinski definition) is 0. The topological polar surface area (TPSA) is 23.8 Å². The number of nitrogens with zero attached hydrogens (tertiary/aromatic N) is 1. The molecule has 1 aromatic carbocycles. The van der Waals surface area contributed by atoms with Gasteiger partial charge in [0.15, 0.2) is 0 Å². The third kappa shape index (κ3) is 1.72. The summed E-state index contributed by atoms with van der Waals surface area (Å²) in [6.07, 6.45) is 0. The van der Waals surface area contributed by atoms with Crippen molar-refractivity contribution in [3.05, 3.63) is 34.7 Å². The minimum absolute atomic E-state index is 0.0254. The van der Waals surface area contributed by atoms with Crippen molar-refractivity contribution in [1.82, 2.24) is 0 Å². The summed E-state index contributed by atoms with van der Waals surface area (Å²) in [7, 11) is 0. The van der Waals surface area contributed by atoms with E-state index in [2.05, 4.69) is 51.1 Å². The van der Waals surface area contributed by atoms with Crippen molar-refractivity contribution in [2.45, 2.75) is 26.7 Å². The molecule has 16 heavy (non-hydrogen) atoms. The first kappa shape index (κ1) is 11.2. The molecule has 0 spiro atoms. The van der Waals surface area contributed by atoms with E-state index < -0.39 is 0 Å². The number of benzene rings is 1. The SMILES string of the molecule is Cc1c(C(C#N)C(C)C)sc2ccccc12. The third-order valence-electron chi connectivity index (χ3n) is 2.97. The summed E-state index contributed by atoms with van der Waals surface area (Å²) >= 11 is 1.76. The van der Waals surface area contributed by atoms with Gasteiger partial charge in [-0.1, -0.05) is 32.0 Å². The zero-order valence-electron chi connectivity index (χ0n) is 9.82. The molecule has 0 radical (unpaired) electrons. The molecule has 0 aliphatic heterocycles. The molecular weight excluding hydrogens is 214 g/mol. The van der Waals surface area contributed by atoms with Crippen LogP contribution in [0.1, 0.15) is 30.2 Å². The van der Waals surface area contributed by atoms with Crippen molar-refractivity contribution in [3.63, 3.8) is 0 Å². The van der Waals surface area contributed by atoms with E-state index in [1.54, 1.807) is 11.3 Å². The predicted molar refractivity (Wildman–Crippen MR) is 69.8 cm³/mol. The molecule has 82 valence electrons. The van der Waals surface area contributed by atoms with E-state index in [0.717, 1.165) is 0 Å². The molecule has 2 aromatic rings. The summed E-state index contributed by atoms with van der Waals surface area (Å²) in [5.74, 6) is 0.397. The van der Waals surface area contributed by atoms with Crippen molar-refractivity contribution < 1.29 is 0 Å². The fourth-order valence-corrected chi connectivity index (χ4v) is 3.43. The maximum Gasteiger partial charge on any atom is 0.0831 e. The van der Waals surface area contributed by atoms with E-state index in [4.69, 9.17) is 0 Å². The maximum atomic E-state index is 9.26. The van der Waals surface area contributed by atoms with Gasteiger partial charge < -0.3 is 0 Å². The van der Waals surface area contributed by atoms with Gasteiger partial charge in [-0.05, 0) is 29.9 Å². The van der Waals surface area contributed by atoms with Gasteiger partial charge in [0.25, 0.3) is 0 Å². The fourth-order valence-electron chi connectivity index (χ4n) is 2.00. The van der Waals surface area contributed by atoms with Crippen LogP contribution in [0.25, 0.3) is 10.1 Å². The maximum absolute atomic E-state index is 9.26. The lowest BCUT2D eigenvalue weighted by molar-refractivity contribution is 0.593. The van der Waals surface area contributed by atoms with Gasteiger partial charge in [-0.3, -0.25) is 0 Å². The Balaban J connectivity index is 2.62. The first-order chi connectivity index (χ1) is 7.65. The molecule has 0 N–H and O–H groups in total. The van der Waals surface area contributed by atoms with Crippen molar-refractivity contribution in [2.75, 3.05) is 0 Å². The van der Waals surface area contributed by atoms with Crippen LogP contribution in [0.15, 0.2) is 24.3 Å². The molecule has 0 saturated heterocycles. The molecule has 0 bridgehead atoms. The molecular formula is C14H15NS. The standard InChI is InChI=1S/C14H15NS/c1-9(2)12(8-15)14-10(3)11-6-4-5-7-13(11)16-14/h4-7,9,12H,1-3H3. The lowest BCUT2D eigenvalue weighted by Gasteiger charge is -2.11. The largest absolute Gasteiger partial charge is 0.198 e. The summed E-state index contributed by atoms with van der Waals surface area (Å²) in [5, 5.41) is 10.6. The summed E-state index contributed by atoms with van der Waals surface area (Å²) in [5.41, 5.74) is 1.28. The van der Waals surface area contributed by atoms with Crippen molar-refractivity contribution >= 4 is 21.4 Å². The van der Waals surface area contributed by atoms with Crippen LogP contribution in [0.3, 0.4) is 0 Å². The van der Waals surface area contributed by atoms with Crippen LogP contribution in [0, 0.1) is 24.2 Å². The van der Waals surface area contributed by atoms with Gasteiger partial charge in [-0.25, -0.2) is 0 Å². The average molecular weight is 229 g/mol. The Morgan fingerprint density at radius 3 is 2.50 bits per heavy atom. The molecule has 0 aliphatic carbocycles. The number of hydrogen-bond acceptors (Lipinski definition) is 2. The number of fused-ring (bicyclic) bond motifs is 1. The zero-order chi connectivity index (χ0) is 11.7. The second-order valence-corrected chi connectivity index (χ2v) is 5.52. The number of rotatable bonds is 2. The highest BCUT2D eigenvalue weighted by atomic mass is 32.1. The highest BCUT2D eigenvalue weighted by molar-refractivity contribution is 7.19. The van der Waals surface area contributed by atoms with E-state index >= 15 is 0 Å². The molecule has 2 heteroatoms. The van der Waals surface area contributed by atoms with Crippen LogP contribution in [0.2, 0.25) is 0 Å². The molecule has 1 unspecified atom stereocenters. The lowest BCUT2D eigenvalue weighted by Crippen LogP contribution is -2.03. The van der Waals surface area contributed by atoms with Gasteiger partial charge in [0, 0.05) is 9.58 Å². The Morgan fingerprint density at radius 1 is 1.25 bits per heavy atom. The summed E-state index contributed by atoms with van der Waals surface area (Å²) in [6.45, 7) is 6.34. The number of thiophene rings is 1. The van der Waals surface area contributed by atoms with Gasteiger partial charge in [-0.15, -0.1) is 11.3 Å². The Morgan fingerprint density at radius 2 is 1.94 bits per heavy atom. The monoisotopic (exact) mass is 229 g/mol. The fraction of sp³-hybridized carbons (Fsp3) is 0.357. The summed E-state index contributed by atoms with van der Waals surface area (Å²) < 4.78 is 1.29. The molecule has 1 aromatic heterocycles. The first-order valence-electron chi connectivity index (χ1n) is 5.52. The smallest absolute Gasteiger partial charge is 0.0831 e. The van der Waals surface area contributed by atoms with E-state index in [9.17, 15) is 5.26 Å². The van der Waals surface area contributed by atoms with Gasteiger partial charge in [0.2, 0.25) is 0 Å². The molecule has 0 fully saturated rings. The Hall–Kier alpha value is -1.33. The van der Waals surface area contributed by atoms with Gasteiger partial charge in [-0.2, -0.15) is 5.26 Å². The molecule has 1 atom stereocenters. The summed E-state index contributed by atoms with van der Waals surface area (Å²) in [4.78, 5) is 1.23. The zero-order valence-corrected chi connectivity index (χ0v) is 10.6. The van der Waals surface area contributed by atoms with Gasteiger partial charge in [0.1, 0.15) is 0 Å². The highest BCUT2D eigenvalue weighted by Crippen LogP contribution is 2.38. The Labute approximate surface area is 100 Å². The molecule has 0 aliphatic rings. The van der Waals surface area contributed by atoms with Crippen LogP contribution in [0.4, 0.5) is 0 Å². The first-order valence-corrected chi connectivity index (χ1v) is 6.34.